The van der Waals surface area contributed by atoms with Crippen LogP contribution in [-0.4, -0.2) is 28.9 Å². The minimum atomic E-state index is 0.502. The van der Waals surface area contributed by atoms with Crippen LogP contribution in [0.15, 0.2) is 24.3 Å². The van der Waals surface area contributed by atoms with Gasteiger partial charge in [0.1, 0.15) is 5.75 Å². The summed E-state index contributed by atoms with van der Waals surface area (Å²) < 4.78 is 7.96. The topological polar surface area (TPSA) is 46.1 Å². The second kappa shape index (κ2) is 4.70. The number of nitrogens with one attached hydrogen (secondary N) is 1. The molecule has 0 aliphatic heterocycles. The molecule has 6 heteroatoms. The van der Waals surface area contributed by atoms with Crippen LogP contribution in [-0.2, 0) is 0 Å². The van der Waals surface area contributed by atoms with Crippen LogP contribution < -0.4 is 9.64 Å². The van der Waals surface area contributed by atoms with Crippen molar-refractivity contribution in [3.63, 3.8) is 0 Å². The third-order valence-corrected chi connectivity index (χ3v) is 3.65. The fourth-order valence-electron chi connectivity index (χ4n) is 2.12. The zero-order valence-electron chi connectivity index (χ0n) is 11.0. The Kier molecular flexibility index (Phi) is 3.02. The quantitative estimate of drug-likeness (QED) is 0.872. The summed E-state index contributed by atoms with van der Waals surface area (Å²) in [6.45, 7) is 0. The average Bonchev–Trinajstić information content (AvgIpc) is 3.21. The van der Waals surface area contributed by atoms with Crippen molar-refractivity contribution in [3.8, 4) is 5.75 Å². The molecule has 0 unspecified atom stereocenters. The van der Waals surface area contributed by atoms with E-state index in [0.29, 0.717) is 10.8 Å². The maximum absolute atomic E-state index is 5.30. The van der Waals surface area contributed by atoms with Crippen molar-refractivity contribution in [3.05, 3.63) is 29.0 Å². The largest absolute Gasteiger partial charge is 0.497 e. The predicted molar refractivity (Wildman–Crippen MR) is 76.7 cm³/mol. The molecule has 0 amide bonds. The third kappa shape index (κ3) is 2.23. The lowest BCUT2D eigenvalue weighted by Gasteiger charge is -2.19. The molecule has 0 radical (unpaired) electrons. The molecule has 1 saturated carbocycles. The number of aromatic nitrogens is 3. The normalized spacial score (nSPS) is 14.4. The Bertz CT molecular complexity index is 627. The fraction of sp³-hybridized carbons (Fsp3) is 0.385. The number of rotatable bonds is 4. The smallest absolute Gasteiger partial charge is 0.230 e. The molecule has 5 nitrogen and oxygen atoms in total. The van der Waals surface area contributed by atoms with Crippen molar-refractivity contribution in [2.24, 2.45) is 0 Å². The summed E-state index contributed by atoms with van der Waals surface area (Å²) in [6, 6.07) is 8.40. The van der Waals surface area contributed by atoms with Gasteiger partial charge in [0, 0.05) is 18.8 Å². The number of hydrogen-bond acceptors (Lipinski definition) is 4. The molecule has 1 fully saturated rings. The van der Waals surface area contributed by atoms with Gasteiger partial charge in [0.05, 0.1) is 7.11 Å². The first-order chi connectivity index (χ1) is 9.20. The third-order valence-electron chi connectivity index (χ3n) is 3.36. The van der Waals surface area contributed by atoms with Gasteiger partial charge in [-0.05, 0) is 49.3 Å². The molecule has 1 aliphatic carbocycles. The van der Waals surface area contributed by atoms with Gasteiger partial charge in [-0.15, -0.1) is 5.10 Å². The molecule has 3 rings (SSSR count). The molecule has 0 spiro atoms. The molecule has 1 aromatic heterocycles. The lowest BCUT2D eigenvalue weighted by atomic mass is 10.3. The summed E-state index contributed by atoms with van der Waals surface area (Å²) in [5.41, 5.74) is 1.05. The molecule has 0 atom stereocenters. The summed E-state index contributed by atoms with van der Waals surface area (Å²) >= 11 is 5.30. The van der Waals surface area contributed by atoms with Crippen molar-refractivity contribution in [2.75, 3.05) is 19.1 Å². The van der Waals surface area contributed by atoms with Gasteiger partial charge in [0.25, 0.3) is 0 Å². The van der Waals surface area contributed by atoms with Crippen molar-refractivity contribution < 1.29 is 4.74 Å². The van der Waals surface area contributed by atoms with E-state index < -0.39 is 0 Å². The summed E-state index contributed by atoms with van der Waals surface area (Å²) in [5, 5.41) is 7.22. The molecule has 1 N–H and O–H groups in total. The standard InChI is InChI=1S/C13H16N4OS/c1-16(9-5-7-11(18-2)8-6-9)12-14-15-13(19)17(12)10-3-4-10/h5-8,10H,3-4H2,1-2H3,(H,15,19). The van der Waals surface area contributed by atoms with Gasteiger partial charge in [0.2, 0.25) is 5.95 Å². The van der Waals surface area contributed by atoms with E-state index in [1.54, 1.807) is 7.11 Å². The lowest BCUT2D eigenvalue weighted by Crippen LogP contribution is -2.15. The summed E-state index contributed by atoms with van der Waals surface area (Å²) in [6.07, 6.45) is 2.36. The van der Waals surface area contributed by atoms with Crippen LogP contribution in [0.1, 0.15) is 18.9 Å². The molecule has 100 valence electrons. The Hall–Kier alpha value is -1.82. The second-order valence-electron chi connectivity index (χ2n) is 4.69. The van der Waals surface area contributed by atoms with Gasteiger partial charge in [-0.1, -0.05) is 0 Å². The van der Waals surface area contributed by atoms with Gasteiger partial charge >= 0.3 is 0 Å². The lowest BCUT2D eigenvalue weighted by molar-refractivity contribution is 0.415. The molecule has 1 aliphatic rings. The van der Waals surface area contributed by atoms with Crippen LogP contribution in [0.2, 0.25) is 0 Å². The molecule has 2 aromatic rings. The molecular formula is C13H16N4OS. The Labute approximate surface area is 116 Å². The number of hydrogen-bond donors (Lipinski definition) is 1. The first-order valence-electron chi connectivity index (χ1n) is 6.25. The Morgan fingerprint density at radius 1 is 1.37 bits per heavy atom. The predicted octanol–water partition coefficient (Wildman–Crippen LogP) is 3.05. The van der Waals surface area contributed by atoms with E-state index in [1.165, 1.54) is 12.8 Å². The number of ether oxygens (including phenoxy) is 1. The van der Waals surface area contributed by atoms with E-state index in [4.69, 9.17) is 17.0 Å². The van der Waals surface area contributed by atoms with Crippen LogP contribution in [0, 0.1) is 4.77 Å². The van der Waals surface area contributed by atoms with E-state index in [2.05, 4.69) is 14.8 Å². The monoisotopic (exact) mass is 276 g/mol. The molecular weight excluding hydrogens is 260 g/mol. The van der Waals surface area contributed by atoms with E-state index in [1.807, 2.05) is 36.2 Å². The molecule has 19 heavy (non-hydrogen) atoms. The Balaban J connectivity index is 1.94. The molecule has 1 heterocycles. The number of anilines is 2. The van der Waals surface area contributed by atoms with Gasteiger partial charge < -0.3 is 9.64 Å². The highest BCUT2D eigenvalue weighted by Crippen LogP contribution is 2.38. The molecule has 0 bridgehead atoms. The SMILES string of the molecule is COc1ccc(N(C)c2n[nH]c(=S)n2C2CC2)cc1. The second-order valence-corrected chi connectivity index (χ2v) is 5.07. The number of benzene rings is 1. The van der Waals surface area contributed by atoms with Crippen LogP contribution in [0.25, 0.3) is 0 Å². The minimum absolute atomic E-state index is 0.502. The van der Waals surface area contributed by atoms with E-state index in [0.717, 1.165) is 17.4 Å². The average molecular weight is 276 g/mol. The van der Waals surface area contributed by atoms with Gasteiger partial charge in [-0.3, -0.25) is 4.57 Å². The molecule has 1 aromatic carbocycles. The first-order valence-corrected chi connectivity index (χ1v) is 6.66. The number of methoxy groups -OCH3 is 1. The van der Waals surface area contributed by atoms with E-state index in [-0.39, 0.29) is 0 Å². The van der Waals surface area contributed by atoms with Gasteiger partial charge in [-0.2, -0.15) is 0 Å². The maximum atomic E-state index is 5.30. The van der Waals surface area contributed by atoms with Crippen LogP contribution in [0.5, 0.6) is 5.75 Å². The zero-order chi connectivity index (χ0) is 13.4. The zero-order valence-corrected chi connectivity index (χ0v) is 11.8. The van der Waals surface area contributed by atoms with Crippen molar-refractivity contribution in [1.82, 2.24) is 14.8 Å². The van der Waals surface area contributed by atoms with Crippen molar-refractivity contribution in [1.29, 1.82) is 0 Å². The van der Waals surface area contributed by atoms with E-state index >= 15 is 0 Å². The summed E-state index contributed by atoms with van der Waals surface area (Å²) in [5.74, 6) is 1.70. The van der Waals surface area contributed by atoms with E-state index in [9.17, 15) is 0 Å². The molecule has 0 saturated heterocycles. The number of aromatic amines is 1. The number of nitrogens with zero attached hydrogens (tertiary/aromatic N) is 3. The Morgan fingerprint density at radius 3 is 2.63 bits per heavy atom. The Morgan fingerprint density at radius 2 is 2.05 bits per heavy atom. The highest BCUT2D eigenvalue weighted by molar-refractivity contribution is 7.71. The minimum Gasteiger partial charge on any atom is -0.497 e. The first kappa shape index (κ1) is 12.2. The number of H-pyrrole nitrogens is 1. The fourth-order valence-corrected chi connectivity index (χ4v) is 2.39. The highest BCUT2D eigenvalue weighted by atomic mass is 32.1. The van der Waals surface area contributed by atoms with Crippen molar-refractivity contribution in [2.45, 2.75) is 18.9 Å². The van der Waals surface area contributed by atoms with Crippen molar-refractivity contribution >= 4 is 23.9 Å². The highest BCUT2D eigenvalue weighted by Gasteiger charge is 2.28. The van der Waals surface area contributed by atoms with Crippen LogP contribution >= 0.6 is 12.2 Å². The van der Waals surface area contributed by atoms with Crippen LogP contribution in [0.4, 0.5) is 11.6 Å². The van der Waals surface area contributed by atoms with Gasteiger partial charge in [-0.25, -0.2) is 5.10 Å². The maximum Gasteiger partial charge on any atom is 0.230 e. The van der Waals surface area contributed by atoms with Gasteiger partial charge in [0.15, 0.2) is 4.77 Å². The van der Waals surface area contributed by atoms with Crippen LogP contribution in [0.3, 0.4) is 0 Å². The summed E-state index contributed by atoms with van der Waals surface area (Å²) in [4.78, 5) is 2.03. The summed E-state index contributed by atoms with van der Waals surface area (Å²) in [7, 11) is 3.66.